The molecule has 3 nitrogen and oxygen atoms in total. The Balaban J connectivity index is -0.000000253. The molecule has 2 aromatic carbocycles. The zero-order valence-electron chi connectivity index (χ0n) is 26.0. The summed E-state index contributed by atoms with van der Waals surface area (Å²) in [6.07, 6.45) is 17.7. The van der Waals surface area contributed by atoms with Crippen LogP contribution in [-0.2, 0) is 58.6 Å². The molecule has 0 bridgehead atoms. The minimum absolute atomic E-state index is 0. The number of likely N-dealkylation sites (tertiary alicyclic amines) is 1. The van der Waals surface area contributed by atoms with Gasteiger partial charge in [0, 0.05) is 32.7 Å². The van der Waals surface area contributed by atoms with Gasteiger partial charge in [0.15, 0.2) is 0 Å². The summed E-state index contributed by atoms with van der Waals surface area (Å²) in [5, 5.41) is 2.57. The first-order valence-corrected chi connectivity index (χ1v) is 15.0. The summed E-state index contributed by atoms with van der Waals surface area (Å²) < 4.78 is 0. The molecule has 0 saturated carbocycles. The summed E-state index contributed by atoms with van der Waals surface area (Å²) >= 11 is 0. The van der Waals surface area contributed by atoms with Crippen molar-refractivity contribution in [3.63, 3.8) is 0 Å². The van der Waals surface area contributed by atoms with Crippen molar-refractivity contribution >= 4 is 12.1 Å². The number of piperidine rings is 1. The summed E-state index contributed by atoms with van der Waals surface area (Å²) in [5.74, 6) is 0. The van der Waals surface area contributed by atoms with Crippen molar-refractivity contribution < 1.29 is 58.6 Å². The number of nitrogens with one attached hydrogen (secondary N) is 1. The molecule has 1 amide bonds. The van der Waals surface area contributed by atoms with Crippen LogP contribution in [0.25, 0.3) is 11.1 Å². The van der Waals surface area contributed by atoms with Crippen LogP contribution in [0.4, 0.5) is 5.69 Å². The Morgan fingerprint density at radius 1 is 0.769 bits per heavy atom. The van der Waals surface area contributed by atoms with Crippen molar-refractivity contribution in [2.75, 3.05) is 25.0 Å². The minimum Gasteiger partial charge on any atom is -0.490 e. The largest absolute Gasteiger partial charge is 2.00 e. The fourth-order valence-electron chi connectivity index (χ4n) is 3.94. The molecular formula is C34H57N2OWY-. The molecular weight excluding hydrogens is 725 g/mol. The molecule has 0 aromatic heterocycles. The summed E-state index contributed by atoms with van der Waals surface area (Å²) in [5.41, 5.74) is 2.86. The van der Waals surface area contributed by atoms with Crippen molar-refractivity contribution in [3.05, 3.63) is 67.9 Å². The van der Waals surface area contributed by atoms with Crippen LogP contribution in [0.15, 0.2) is 54.6 Å². The van der Waals surface area contributed by atoms with Gasteiger partial charge in [-0.1, -0.05) is 134 Å². The van der Waals surface area contributed by atoms with Crippen LogP contribution < -0.4 is 5.32 Å². The number of benzene rings is 2. The molecule has 1 saturated heterocycles. The third-order valence-electron chi connectivity index (χ3n) is 5.72. The van der Waals surface area contributed by atoms with E-state index in [2.05, 4.69) is 23.6 Å². The standard InChI is InChI=1S/C15H29N.C13H10NO.3C2H6.W.Y/c1-2-3-4-5-6-7-8-10-13-16-14-11-9-12-15-16;15-10-14-13-9-5-4-8-12(13)11-6-2-1-3-7-11;3*1-2;;/h9H,1-8,10-15H2;1-9H,(H,14,15);3*1-2H3;;/q-2;-1;;;;+2;. The quantitative estimate of drug-likeness (QED) is 0.132. The molecule has 2 aromatic rings. The Kier molecular flexibility index (Phi) is 44.1. The molecule has 1 fully saturated rings. The molecule has 1 aliphatic rings. The van der Waals surface area contributed by atoms with Crippen molar-refractivity contribution in [1.29, 1.82) is 0 Å². The first-order valence-electron chi connectivity index (χ1n) is 15.0. The van der Waals surface area contributed by atoms with Crippen LogP contribution in [0, 0.1) is 13.3 Å². The maximum absolute atomic E-state index is 10.3. The van der Waals surface area contributed by atoms with Crippen LogP contribution in [0.3, 0.4) is 0 Å². The molecule has 0 unspecified atom stereocenters. The average molecular weight is 783 g/mol. The van der Waals surface area contributed by atoms with E-state index in [-0.39, 0.29) is 53.8 Å². The van der Waals surface area contributed by atoms with E-state index >= 15 is 0 Å². The second kappa shape index (κ2) is 37.7. The maximum Gasteiger partial charge on any atom is 2.00 e. The zero-order valence-corrected chi connectivity index (χ0v) is 31.8. The summed E-state index contributed by atoms with van der Waals surface area (Å²) in [6.45, 7) is 19.8. The van der Waals surface area contributed by atoms with E-state index in [0.717, 1.165) is 23.2 Å². The van der Waals surface area contributed by atoms with E-state index in [4.69, 9.17) is 0 Å². The Bertz CT molecular complexity index is 709. The van der Waals surface area contributed by atoms with E-state index in [1.54, 1.807) is 6.41 Å². The Labute approximate surface area is 283 Å². The smallest absolute Gasteiger partial charge is 0.490 e. The molecule has 39 heavy (non-hydrogen) atoms. The van der Waals surface area contributed by atoms with Crippen molar-refractivity contribution in [2.45, 2.75) is 106 Å². The van der Waals surface area contributed by atoms with E-state index in [9.17, 15) is 4.79 Å². The Morgan fingerprint density at radius 3 is 1.79 bits per heavy atom. The number of nitrogens with zero attached hydrogens (tertiary/aromatic N) is 1. The Hall–Kier alpha value is -0.338. The molecule has 0 aliphatic carbocycles. The van der Waals surface area contributed by atoms with Crippen LogP contribution in [0.2, 0.25) is 0 Å². The summed E-state index contributed by atoms with van der Waals surface area (Å²) in [7, 11) is 0. The topological polar surface area (TPSA) is 32.3 Å². The van der Waals surface area contributed by atoms with Crippen molar-refractivity contribution in [3.8, 4) is 11.1 Å². The predicted octanol–water partition coefficient (Wildman–Crippen LogP) is 10.1. The van der Waals surface area contributed by atoms with Crippen LogP contribution in [0.5, 0.6) is 0 Å². The molecule has 1 N–H and O–H groups in total. The van der Waals surface area contributed by atoms with Gasteiger partial charge in [0.2, 0.25) is 0 Å². The Morgan fingerprint density at radius 2 is 1.26 bits per heavy atom. The number of hydrogen-bond donors (Lipinski definition) is 1. The number of hydrogen-bond acceptors (Lipinski definition) is 2. The van der Waals surface area contributed by atoms with Gasteiger partial charge in [0.25, 0.3) is 0 Å². The average Bonchev–Trinajstić information content (AvgIpc) is 2.99. The fraction of sp³-hybridized carbons (Fsp3) is 0.559. The van der Waals surface area contributed by atoms with E-state index in [1.165, 1.54) is 77.4 Å². The second-order valence-corrected chi connectivity index (χ2v) is 8.17. The number of unbranched alkanes of at least 4 members (excludes halogenated alkanes) is 7. The second-order valence-electron chi connectivity index (χ2n) is 8.17. The van der Waals surface area contributed by atoms with Gasteiger partial charge in [-0.15, -0.1) is 11.8 Å². The maximum atomic E-state index is 10.3. The van der Waals surface area contributed by atoms with Crippen LogP contribution >= 0.6 is 0 Å². The number of rotatable bonds is 12. The van der Waals surface area contributed by atoms with Gasteiger partial charge in [-0.2, -0.15) is 19.3 Å². The van der Waals surface area contributed by atoms with E-state index in [1.807, 2.05) is 96.1 Å². The SMILES string of the molecule is CC.CC.CC.O=[C-]Nc1ccccc1-c1ccccc1.[CH2-]CCCCCCCCCN1CC[CH-]CC1.[W+2].[Y]. The number of amides is 1. The van der Waals surface area contributed by atoms with E-state index in [0.29, 0.717) is 0 Å². The summed E-state index contributed by atoms with van der Waals surface area (Å²) in [6, 6.07) is 17.6. The number of anilines is 1. The first kappa shape index (κ1) is 45.6. The van der Waals surface area contributed by atoms with Gasteiger partial charge in [-0.05, 0) is 31.6 Å². The minimum atomic E-state index is 0. The zero-order chi connectivity index (χ0) is 28.0. The van der Waals surface area contributed by atoms with Crippen molar-refractivity contribution in [1.82, 2.24) is 4.90 Å². The molecule has 1 aliphatic heterocycles. The monoisotopic (exact) mass is 782 g/mol. The van der Waals surface area contributed by atoms with Gasteiger partial charge in [-0.3, -0.25) is 0 Å². The van der Waals surface area contributed by atoms with Crippen LogP contribution in [-0.4, -0.2) is 30.9 Å². The van der Waals surface area contributed by atoms with Gasteiger partial charge in [0.1, 0.15) is 0 Å². The van der Waals surface area contributed by atoms with Gasteiger partial charge in [-0.25, -0.2) is 0 Å². The predicted molar refractivity (Wildman–Crippen MR) is 168 cm³/mol. The molecule has 0 atom stereocenters. The van der Waals surface area contributed by atoms with E-state index < -0.39 is 0 Å². The molecule has 0 spiro atoms. The molecule has 3 rings (SSSR count). The fourth-order valence-corrected chi connectivity index (χ4v) is 3.94. The number of carbonyl (C=O) groups excluding carboxylic acids is 1. The summed E-state index contributed by atoms with van der Waals surface area (Å²) in [4.78, 5) is 12.9. The number of para-hydroxylation sites is 1. The third-order valence-corrected chi connectivity index (χ3v) is 5.72. The van der Waals surface area contributed by atoms with Crippen LogP contribution in [0.1, 0.15) is 106 Å². The molecule has 1 heterocycles. The first-order chi connectivity index (χ1) is 18.3. The third kappa shape index (κ3) is 25.1. The molecule has 1 radical (unpaired) electrons. The van der Waals surface area contributed by atoms with Crippen molar-refractivity contribution in [2.24, 2.45) is 0 Å². The van der Waals surface area contributed by atoms with Gasteiger partial charge in [0.05, 0.1) is 6.41 Å². The molecule has 5 heteroatoms. The van der Waals surface area contributed by atoms with Gasteiger partial charge >= 0.3 is 21.1 Å². The van der Waals surface area contributed by atoms with Gasteiger partial charge < -0.3 is 28.4 Å². The molecule has 219 valence electrons. The normalized spacial score (nSPS) is 11.5.